The molecular formula is C7H14ClNO2. The van der Waals surface area contributed by atoms with Gasteiger partial charge in [-0.05, 0) is 20.8 Å². The van der Waals surface area contributed by atoms with Crippen LogP contribution in [-0.4, -0.2) is 23.5 Å². The minimum Gasteiger partial charge on any atom is -0.459 e. The molecule has 0 saturated carbocycles. The third kappa shape index (κ3) is 5.04. The van der Waals surface area contributed by atoms with Crippen LogP contribution >= 0.6 is 11.6 Å². The molecule has 0 rings (SSSR count). The fourth-order valence-electron chi connectivity index (χ4n) is 0.440. The van der Waals surface area contributed by atoms with Crippen LogP contribution in [0.2, 0.25) is 0 Å². The summed E-state index contributed by atoms with van der Waals surface area (Å²) in [5, 5.41) is 0. The van der Waals surface area contributed by atoms with E-state index in [2.05, 4.69) is 0 Å². The molecule has 0 fully saturated rings. The van der Waals surface area contributed by atoms with E-state index in [0.29, 0.717) is 0 Å². The van der Waals surface area contributed by atoms with E-state index in [4.69, 9.17) is 22.1 Å². The lowest BCUT2D eigenvalue weighted by atomic mass is 10.2. The number of esters is 1. The lowest BCUT2D eigenvalue weighted by Gasteiger charge is -2.21. The molecule has 0 aromatic rings. The molecule has 0 aliphatic rings. The summed E-state index contributed by atoms with van der Waals surface area (Å²) in [6.07, 6.45) is 0. The molecule has 0 amide bonds. The summed E-state index contributed by atoms with van der Waals surface area (Å²) in [5.41, 5.74) is 4.83. The predicted molar refractivity (Wildman–Crippen MR) is 44.5 cm³/mol. The van der Waals surface area contributed by atoms with Crippen molar-refractivity contribution in [3.8, 4) is 0 Å². The summed E-state index contributed by atoms with van der Waals surface area (Å²) in [6, 6.07) is -0.712. The van der Waals surface area contributed by atoms with Crippen LogP contribution in [0.15, 0.2) is 0 Å². The van der Waals surface area contributed by atoms with Crippen LogP contribution in [0.5, 0.6) is 0 Å². The summed E-state index contributed by atoms with van der Waals surface area (Å²) in [7, 11) is 0. The summed E-state index contributed by atoms with van der Waals surface area (Å²) in [4.78, 5) is 11.0. The summed E-state index contributed by atoms with van der Waals surface area (Å²) < 4.78 is 4.94. The largest absolute Gasteiger partial charge is 0.459 e. The van der Waals surface area contributed by atoms with E-state index in [1.807, 2.05) is 0 Å². The molecule has 0 aromatic carbocycles. The van der Waals surface area contributed by atoms with Gasteiger partial charge in [-0.3, -0.25) is 4.79 Å². The maximum Gasteiger partial charge on any atom is 0.324 e. The number of alkyl halides is 1. The van der Waals surface area contributed by atoms with Gasteiger partial charge in [0.05, 0.1) is 0 Å². The number of hydrogen-bond donors (Lipinski definition) is 1. The smallest absolute Gasteiger partial charge is 0.324 e. The minimum absolute atomic E-state index is 0.0922. The average Bonchev–Trinajstić information content (AvgIpc) is 1.82. The Balaban J connectivity index is 3.88. The molecular weight excluding hydrogens is 166 g/mol. The predicted octanol–water partition coefficient (Wildman–Crippen LogP) is 0.894. The highest BCUT2D eigenvalue weighted by atomic mass is 35.5. The molecule has 66 valence electrons. The van der Waals surface area contributed by atoms with Crippen molar-refractivity contribution in [1.29, 1.82) is 0 Å². The quantitative estimate of drug-likeness (QED) is 0.506. The van der Waals surface area contributed by atoms with Gasteiger partial charge in [-0.25, -0.2) is 0 Å². The van der Waals surface area contributed by atoms with Crippen molar-refractivity contribution in [2.24, 2.45) is 5.73 Å². The number of carbonyl (C=O) groups excluding carboxylic acids is 1. The molecule has 0 bridgehead atoms. The Kier molecular flexibility index (Phi) is 3.83. The van der Waals surface area contributed by atoms with Crippen molar-refractivity contribution in [3.63, 3.8) is 0 Å². The van der Waals surface area contributed by atoms with Crippen molar-refractivity contribution in [2.75, 3.05) is 5.88 Å². The van der Waals surface area contributed by atoms with Crippen LogP contribution in [0.25, 0.3) is 0 Å². The molecule has 3 nitrogen and oxygen atoms in total. The lowest BCUT2D eigenvalue weighted by molar-refractivity contribution is -0.155. The van der Waals surface area contributed by atoms with Gasteiger partial charge < -0.3 is 10.5 Å². The van der Waals surface area contributed by atoms with Crippen LogP contribution in [0.3, 0.4) is 0 Å². The number of rotatable bonds is 2. The van der Waals surface area contributed by atoms with Crippen LogP contribution < -0.4 is 5.73 Å². The normalized spacial score (nSPS) is 14.3. The van der Waals surface area contributed by atoms with Gasteiger partial charge in [0, 0.05) is 5.88 Å². The Bertz CT molecular complexity index is 142. The molecule has 0 unspecified atom stereocenters. The summed E-state index contributed by atoms with van der Waals surface area (Å²) in [5.74, 6) is -0.359. The topological polar surface area (TPSA) is 52.3 Å². The lowest BCUT2D eigenvalue weighted by Crippen LogP contribution is -2.38. The minimum atomic E-state index is -0.712. The van der Waals surface area contributed by atoms with E-state index >= 15 is 0 Å². The standard InChI is InChI=1S/C7H14ClNO2/c1-7(2,3)11-6(10)5(9)4-8/h5H,4,9H2,1-3H3/t5-/m0/s1. The third-order valence-electron chi connectivity index (χ3n) is 0.876. The Labute approximate surface area is 71.8 Å². The zero-order chi connectivity index (χ0) is 9.07. The Morgan fingerprint density at radius 2 is 2.09 bits per heavy atom. The molecule has 0 spiro atoms. The summed E-state index contributed by atoms with van der Waals surface area (Å²) in [6.45, 7) is 5.35. The molecule has 0 aliphatic heterocycles. The van der Waals surface area contributed by atoms with Gasteiger partial charge in [-0.2, -0.15) is 0 Å². The molecule has 1 atom stereocenters. The maximum atomic E-state index is 11.0. The Hall–Kier alpha value is -0.280. The second kappa shape index (κ2) is 3.93. The SMILES string of the molecule is CC(C)(C)OC(=O)[C@@H](N)CCl. The number of halogens is 1. The average molecular weight is 180 g/mol. The third-order valence-corrected chi connectivity index (χ3v) is 1.21. The molecule has 0 heterocycles. The molecule has 0 aliphatic carbocycles. The van der Waals surface area contributed by atoms with Crippen LogP contribution in [0.1, 0.15) is 20.8 Å². The highest BCUT2D eigenvalue weighted by Gasteiger charge is 2.20. The number of hydrogen-bond acceptors (Lipinski definition) is 3. The van der Waals surface area contributed by atoms with E-state index in [0.717, 1.165) is 0 Å². The van der Waals surface area contributed by atoms with Crippen LogP contribution in [-0.2, 0) is 9.53 Å². The number of nitrogens with two attached hydrogens (primary N) is 1. The van der Waals surface area contributed by atoms with Crippen molar-refractivity contribution in [3.05, 3.63) is 0 Å². The Morgan fingerprint density at radius 3 is 2.36 bits per heavy atom. The van der Waals surface area contributed by atoms with Gasteiger partial charge in [0.1, 0.15) is 11.6 Å². The number of ether oxygens (including phenoxy) is 1. The van der Waals surface area contributed by atoms with Crippen LogP contribution in [0, 0.1) is 0 Å². The van der Waals surface area contributed by atoms with Gasteiger partial charge in [-0.15, -0.1) is 11.6 Å². The first-order valence-electron chi connectivity index (χ1n) is 3.41. The van der Waals surface area contributed by atoms with E-state index < -0.39 is 17.6 Å². The highest BCUT2D eigenvalue weighted by Crippen LogP contribution is 2.07. The zero-order valence-electron chi connectivity index (χ0n) is 7.06. The van der Waals surface area contributed by atoms with Gasteiger partial charge >= 0.3 is 5.97 Å². The molecule has 11 heavy (non-hydrogen) atoms. The molecule has 0 radical (unpaired) electrons. The van der Waals surface area contributed by atoms with E-state index in [9.17, 15) is 4.79 Å². The molecule has 0 saturated heterocycles. The number of carbonyl (C=O) groups is 1. The van der Waals surface area contributed by atoms with Gasteiger partial charge in [0.15, 0.2) is 0 Å². The molecule has 4 heteroatoms. The van der Waals surface area contributed by atoms with E-state index in [1.54, 1.807) is 20.8 Å². The fraction of sp³-hybridized carbons (Fsp3) is 0.857. The first-order chi connectivity index (χ1) is 4.87. The van der Waals surface area contributed by atoms with Gasteiger partial charge in [0.2, 0.25) is 0 Å². The Morgan fingerprint density at radius 1 is 1.64 bits per heavy atom. The first kappa shape index (κ1) is 10.7. The maximum absolute atomic E-state index is 11.0. The van der Waals surface area contributed by atoms with E-state index in [1.165, 1.54) is 0 Å². The first-order valence-corrected chi connectivity index (χ1v) is 3.94. The molecule has 2 N–H and O–H groups in total. The second-order valence-corrected chi connectivity index (χ2v) is 3.60. The molecule has 0 aromatic heterocycles. The summed E-state index contributed by atoms with van der Waals surface area (Å²) >= 11 is 5.35. The monoisotopic (exact) mass is 179 g/mol. The fourth-order valence-corrected chi connectivity index (χ4v) is 0.566. The van der Waals surface area contributed by atoms with Gasteiger partial charge in [0.25, 0.3) is 0 Å². The van der Waals surface area contributed by atoms with Crippen LogP contribution in [0.4, 0.5) is 0 Å². The van der Waals surface area contributed by atoms with Crippen molar-refractivity contribution in [1.82, 2.24) is 0 Å². The van der Waals surface area contributed by atoms with E-state index in [-0.39, 0.29) is 5.88 Å². The van der Waals surface area contributed by atoms with Gasteiger partial charge in [-0.1, -0.05) is 0 Å². The second-order valence-electron chi connectivity index (χ2n) is 3.29. The van der Waals surface area contributed by atoms with Crippen molar-refractivity contribution >= 4 is 17.6 Å². The van der Waals surface area contributed by atoms with Crippen molar-refractivity contribution in [2.45, 2.75) is 32.4 Å². The van der Waals surface area contributed by atoms with Crippen molar-refractivity contribution < 1.29 is 9.53 Å². The highest BCUT2D eigenvalue weighted by molar-refractivity contribution is 6.19. The zero-order valence-corrected chi connectivity index (χ0v) is 7.81.